The fourth-order valence-corrected chi connectivity index (χ4v) is 8.09. The van der Waals surface area contributed by atoms with Gasteiger partial charge in [0, 0.05) is 19.3 Å². The third kappa shape index (κ3) is 46.2. The number of carboxylic acid groups (broad SMARTS) is 1. The van der Waals surface area contributed by atoms with E-state index in [9.17, 15) is 19.5 Å². The van der Waals surface area contributed by atoms with Crippen molar-refractivity contribution in [2.45, 2.75) is 257 Å². The van der Waals surface area contributed by atoms with E-state index >= 15 is 0 Å². The van der Waals surface area contributed by atoms with E-state index < -0.39 is 18.1 Å². The lowest BCUT2D eigenvalue weighted by atomic mass is 10.0. The van der Waals surface area contributed by atoms with Crippen molar-refractivity contribution in [3.8, 4) is 0 Å². The topological polar surface area (TPSA) is 99.1 Å². The molecule has 0 aromatic rings. The minimum atomic E-state index is -0.874. The Labute approximate surface area is 401 Å². The van der Waals surface area contributed by atoms with Crippen LogP contribution in [0.25, 0.3) is 0 Å². The van der Waals surface area contributed by atoms with Crippen LogP contribution in [-0.2, 0) is 28.6 Å². The predicted octanol–water partition coefficient (Wildman–Crippen LogP) is 15.9. The Morgan fingerprint density at radius 2 is 0.862 bits per heavy atom. The normalized spacial score (nSPS) is 13.2. The number of ether oxygens (including phenoxy) is 3. The first-order chi connectivity index (χ1) is 31.6. The molecule has 0 aliphatic heterocycles. The van der Waals surface area contributed by atoms with Crippen LogP contribution in [0, 0.1) is 0 Å². The van der Waals surface area contributed by atoms with Gasteiger partial charge in [-0.15, -0.1) is 0 Å². The lowest BCUT2D eigenvalue weighted by Crippen LogP contribution is -2.50. The van der Waals surface area contributed by atoms with E-state index in [0.717, 1.165) is 70.6 Å². The number of likely N-dealkylation sites (N-methyl/N-ethyl adjacent to an activating group) is 1. The van der Waals surface area contributed by atoms with Crippen molar-refractivity contribution < 1.29 is 38.2 Å². The number of unbranched alkanes of at least 4 members (excludes halogenated alkanes) is 27. The van der Waals surface area contributed by atoms with Gasteiger partial charge < -0.3 is 23.8 Å². The summed E-state index contributed by atoms with van der Waals surface area (Å²) in [6.45, 7) is 4.65. The van der Waals surface area contributed by atoms with Crippen molar-refractivity contribution >= 4 is 17.9 Å². The molecule has 8 heteroatoms. The third-order valence-corrected chi connectivity index (χ3v) is 12.2. The lowest BCUT2D eigenvalue weighted by Gasteiger charge is -2.31. The number of aliphatic carboxylic acids is 1. The Morgan fingerprint density at radius 1 is 0.477 bits per heavy atom. The van der Waals surface area contributed by atoms with Gasteiger partial charge in [0.05, 0.1) is 34.4 Å². The minimum absolute atomic E-state index is 0.0547. The standard InChI is InChI=1S/C57H103NO7/c1-6-8-10-12-14-16-18-20-22-24-26-28-30-32-34-36-38-40-42-44-46-48-56(60)65-53(51-63-50-49-54(57(61)62)58(3,4)5)52-64-55(59)47-45-43-41-39-37-35-33-31-29-27-25-23-21-19-17-15-13-11-9-7-2/h9,11,15,17,21,23,27,29,53-54H,6-8,10,12-14,16,18-20,22,24-26,28,30-52H2,1-5H3/p+1/b11-9+,17-15+,23-21+,29-27+. The number of allylic oxidation sites excluding steroid dienone is 8. The molecular formula is C57H104NO7+. The Bertz CT molecular complexity index is 1200. The zero-order valence-corrected chi connectivity index (χ0v) is 43.2. The van der Waals surface area contributed by atoms with Gasteiger partial charge in [0.15, 0.2) is 12.1 Å². The molecule has 0 aliphatic carbocycles. The van der Waals surface area contributed by atoms with Crippen LogP contribution in [0.15, 0.2) is 48.6 Å². The van der Waals surface area contributed by atoms with Gasteiger partial charge in [0.1, 0.15) is 6.61 Å². The summed E-state index contributed by atoms with van der Waals surface area (Å²) in [4.78, 5) is 37.2. The van der Waals surface area contributed by atoms with E-state index in [-0.39, 0.29) is 36.2 Å². The van der Waals surface area contributed by atoms with Crippen LogP contribution >= 0.6 is 0 Å². The molecule has 0 heterocycles. The van der Waals surface area contributed by atoms with Crippen LogP contribution in [-0.4, -0.2) is 80.6 Å². The van der Waals surface area contributed by atoms with Gasteiger partial charge in [0.2, 0.25) is 0 Å². The molecule has 0 aliphatic rings. The fourth-order valence-electron chi connectivity index (χ4n) is 8.09. The highest BCUT2D eigenvalue weighted by Crippen LogP contribution is 2.17. The molecule has 0 saturated heterocycles. The van der Waals surface area contributed by atoms with Crippen molar-refractivity contribution in [1.29, 1.82) is 0 Å². The van der Waals surface area contributed by atoms with Crippen LogP contribution in [0.2, 0.25) is 0 Å². The Morgan fingerprint density at radius 3 is 1.28 bits per heavy atom. The molecule has 0 saturated carbocycles. The van der Waals surface area contributed by atoms with Gasteiger partial charge in [0.25, 0.3) is 0 Å². The largest absolute Gasteiger partial charge is 0.477 e. The van der Waals surface area contributed by atoms with E-state index in [1.807, 2.05) is 21.1 Å². The van der Waals surface area contributed by atoms with E-state index in [2.05, 4.69) is 62.5 Å². The van der Waals surface area contributed by atoms with Gasteiger partial charge in [-0.2, -0.15) is 0 Å². The number of carboxylic acids is 1. The number of quaternary nitrogens is 1. The first-order valence-corrected chi connectivity index (χ1v) is 27.2. The van der Waals surface area contributed by atoms with Crippen molar-refractivity contribution in [3.63, 3.8) is 0 Å². The van der Waals surface area contributed by atoms with Gasteiger partial charge in [-0.1, -0.05) is 223 Å². The van der Waals surface area contributed by atoms with E-state index in [0.29, 0.717) is 19.3 Å². The van der Waals surface area contributed by atoms with Crippen LogP contribution in [0.1, 0.15) is 245 Å². The molecule has 0 spiro atoms. The molecule has 0 fully saturated rings. The van der Waals surface area contributed by atoms with E-state index in [1.165, 1.54) is 141 Å². The molecule has 0 aromatic heterocycles. The van der Waals surface area contributed by atoms with Crippen LogP contribution < -0.4 is 0 Å². The number of hydrogen-bond donors (Lipinski definition) is 1. The number of rotatable bonds is 49. The molecule has 65 heavy (non-hydrogen) atoms. The zero-order chi connectivity index (χ0) is 47.7. The summed E-state index contributed by atoms with van der Waals surface area (Å²) in [7, 11) is 5.54. The van der Waals surface area contributed by atoms with Crippen LogP contribution in [0.4, 0.5) is 0 Å². The van der Waals surface area contributed by atoms with Crippen molar-refractivity contribution in [3.05, 3.63) is 48.6 Å². The maximum Gasteiger partial charge on any atom is 0.362 e. The molecule has 0 bridgehead atoms. The van der Waals surface area contributed by atoms with E-state index in [4.69, 9.17) is 14.2 Å². The average molecular weight is 915 g/mol. The molecule has 2 unspecified atom stereocenters. The van der Waals surface area contributed by atoms with Gasteiger partial charge >= 0.3 is 17.9 Å². The highest BCUT2D eigenvalue weighted by atomic mass is 16.6. The molecule has 2 atom stereocenters. The van der Waals surface area contributed by atoms with E-state index in [1.54, 1.807) is 0 Å². The zero-order valence-electron chi connectivity index (χ0n) is 43.2. The van der Waals surface area contributed by atoms with Crippen molar-refractivity contribution in [2.75, 3.05) is 41.0 Å². The molecule has 0 radical (unpaired) electrons. The van der Waals surface area contributed by atoms with Crippen LogP contribution in [0.5, 0.6) is 0 Å². The number of esters is 2. The average Bonchev–Trinajstić information content (AvgIpc) is 3.27. The molecule has 1 N–H and O–H groups in total. The minimum Gasteiger partial charge on any atom is -0.477 e. The monoisotopic (exact) mass is 915 g/mol. The SMILES string of the molecule is CC/C=C/C/C=C/C/C=C/C/C=C/CCCCCCCCCC(=O)OCC(COCCC(C(=O)O)[N+](C)(C)C)OC(=O)CCCCCCCCCCCCCCCCCCCCCCC. The van der Waals surface area contributed by atoms with Gasteiger partial charge in [-0.25, -0.2) is 4.79 Å². The predicted molar refractivity (Wildman–Crippen MR) is 275 cm³/mol. The maximum atomic E-state index is 12.8. The highest BCUT2D eigenvalue weighted by Gasteiger charge is 2.31. The number of carbonyl (C=O) groups excluding carboxylic acids is 2. The summed E-state index contributed by atoms with van der Waals surface area (Å²) in [6.07, 6.45) is 58.8. The Kier molecular flexibility index (Phi) is 45.8. The number of hydrogen-bond acceptors (Lipinski definition) is 6. The van der Waals surface area contributed by atoms with Gasteiger partial charge in [-0.3, -0.25) is 9.59 Å². The highest BCUT2D eigenvalue weighted by molar-refractivity contribution is 5.72. The summed E-state index contributed by atoms with van der Waals surface area (Å²) >= 11 is 0. The summed E-state index contributed by atoms with van der Waals surface area (Å²) < 4.78 is 17.4. The molecule has 8 nitrogen and oxygen atoms in total. The smallest absolute Gasteiger partial charge is 0.362 e. The second-order valence-corrected chi connectivity index (χ2v) is 19.5. The molecular weight excluding hydrogens is 811 g/mol. The summed E-state index contributed by atoms with van der Waals surface area (Å²) in [6, 6.07) is -0.617. The number of nitrogens with zero attached hydrogens (tertiary/aromatic N) is 1. The Balaban J connectivity index is 4.21. The second kappa shape index (κ2) is 47.8. The van der Waals surface area contributed by atoms with Gasteiger partial charge in [-0.05, 0) is 51.4 Å². The summed E-state index contributed by atoms with van der Waals surface area (Å²) in [5.74, 6) is -1.47. The Hall–Kier alpha value is -2.71. The maximum absolute atomic E-state index is 12.8. The van der Waals surface area contributed by atoms with Crippen molar-refractivity contribution in [2.24, 2.45) is 0 Å². The molecule has 378 valence electrons. The number of carbonyl (C=O) groups is 3. The first kappa shape index (κ1) is 62.3. The molecule has 0 rings (SSSR count). The second-order valence-electron chi connectivity index (χ2n) is 19.5. The van der Waals surface area contributed by atoms with Crippen LogP contribution in [0.3, 0.4) is 0 Å². The third-order valence-electron chi connectivity index (χ3n) is 12.2. The quantitative estimate of drug-likeness (QED) is 0.0281. The summed E-state index contributed by atoms with van der Waals surface area (Å²) in [5.41, 5.74) is 0. The first-order valence-electron chi connectivity index (χ1n) is 27.2. The summed E-state index contributed by atoms with van der Waals surface area (Å²) in [5, 5.41) is 9.67. The molecule has 0 amide bonds. The fraction of sp³-hybridized carbons (Fsp3) is 0.807. The van der Waals surface area contributed by atoms with Crippen molar-refractivity contribution in [1.82, 2.24) is 0 Å². The molecule has 0 aromatic carbocycles. The lowest BCUT2D eigenvalue weighted by molar-refractivity contribution is -0.887.